The maximum atomic E-state index is 8.84. The molecule has 0 spiro atoms. The number of imidazole rings is 1. The number of nitrogens with zero attached hydrogens (tertiary/aromatic N) is 1. The molecule has 1 aromatic heterocycles. The molecule has 9 heavy (non-hydrogen) atoms. The number of H-pyrrole nitrogens is 1. The third-order valence-electron chi connectivity index (χ3n) is 0.969. The lowest BCUT2D eigenvalue weighted by molar-refractivity contribution is 0.195. The highest BCUT2D eigenvalue weighted by atomic mass is 35.5. The first-order chi connectivity index (χ1) is 3.80. The molecule has 1 heterocycles. The highest BCUT2D eigenvalue weighted by molar-refractivity contribution is 5.85. The van der Waals surface area contributed by atoms with Crippen LogP contribution in [0.2, 0.25) is 0 Å². The molecule has 0 fully saturated rings. The molecule has 0 bridgehead atoms. The van der Waals surface area contributed by atoms with Gasteiger partial charge in [-0.1, -0.05) is 0 Å². The zero-order valence-electron chi connectivity index (χ0n) is 5.03. The van der Waals surface area contributed by atoms with Crippen LogP contribution in [-0.2, 0) is 0 Å². The van der Waals surface area contributed by atoms with E-state index in [4.69, 9.17) is 5.11 Å². The average Bonchev–Trinajstić information content (AvgIpc) is 2.12. The Labute approximate surface area is 59.5 Å². The maximum Gasteiger partial charge on any atom is 0.0925 e. The number of aliphatic hydroxyl groups is 1. The van der Waals surface area contributed by atoms with Gasteiger partial charge in [-0.3, -0.25) is 0 Å². The lowest BCUT2D eigenvalue weighted by Crippen LogP contribution is -1.88. The summed E-state index contributed by atoms with van der Waals surface area (Å²) in [6.45, 7) is 1.69. The van der Waals surface area contributed by atoms with Crippen LogP contribution in [0.5, 0.6) is 0 Å². The van der Waals surface area contributed by atoms with Crippen molar-refractivity contribution in [2.45, 2.75) is 13.0 Å². The third-order valence-corrected chi connectivity index (χ3v) is 0.969. The van der Waals surface area contributed by atoms with Gasteiger partial charge < -0.3 is 10.1 Å². The van der Waals surface area contributed by atoms with Gasteiger partial charge in [-0.25, -0.2) is 4.98 Å². The molecule has 4 heteroatoms. The fourth-order valence-electron chi connectivity index (χ4n) is 0.495. The van der Waals surface area contributed by atoms with Gasteiger partial charge in [0.2, 0.25) is 0 Å². The molecule has 52 valence electrons. The second-order valence-corrected chi connectivity index (χ2v) is 1.68. The van der Waals surface area contributed by atoms with E-state index >= 15 is 0 Å². The number of halogens is 1. The van der Waals surface area contributed by atoms with Gasteiger partial charge in [-0.15, -0.1) is 12.4 Å². The lowest BCUT2D eigenvalue weighted by atomic mass is 10.3. The summed E-state index contributed by atoms with van der Waals surface area (Å²) in [6, 6.07) is 0. The van der Waals surface area contributed by atoms with Crippen molar-refractivity contribution in [3.63, 3.8) is 0 Å². The van der Waals surface area contributed by atoms with E-state index in [1.165, 1.54) is 0 Å². The number of rotatable bonds is 1. The normalized spacial score (nSPS) is 12.2. The molecule has 0 saturated carbocycles. The highest BCUT2D eigenvalue weighted by Crippen LogP contribution is 2.04. The second kappa shape index (κ2) is 3.48. The number of nitrogens with one attached hydrogen (secondary N) is 1. The van der Waals surface area contributed by atoms with Crippen molar-refractivity contribution in [3.05, 3.63) is 18.2 Å². The Kier molecular flexibility index (Phi) is 3.27. The maximum absolute atomic E-state index is 8.84. The highest BCUT2D eigenvalue weighted by Gasteiger charge is 1.97. The minimum atomic E-state index is -0.433. The lowest BCUT2D eigenvalue weighted by Gasteiger charge is -1.95. The summed E-state index contributed by atoms with van der Waals surface area (Å²) in [5, 5.41) is 8.84. The van der Waals surface area contributed by atoms with Gasteiger partial charge >= 0.3 is 0 Å². The number of hydrogen-bond donors (Lipinski definition) is 2. The van der Waals surface area contributed by atoms with Gasteiger partial charge in [-0.2, -0.15) is 0 Å². The number of aromatic nitrogens is 2. The summed E-state index contributed by atoms with van der Waals surface area (Å²) in [5.74, 6) is 0. The summed E-state index contributed by atoms with van der Waals surface area (Å²) in [5.41, 5.74) is 0.755. The third kappa shape index (κ3) is 2.03. The van der Waals surface area contributed by atoms with Crippen LogP contribution in [0.1, 0.15) is 18.7 Å². The van der Waals surface area contributed by atoms with Gasteiger partial charge in [0.25, 0.3) is 0 Å². The van der Waals surface area contributed by atoms with Crippen LogP contribution in [0.3, 0.4) is 0 Å². The zero-order chi connectivity index (χ0) is 5.98. The molecule has 2 N–H and O–H groups in total. The first-order valence-corrected chi connectivity index (χ1v) is 2.47. The molecule has 1 aromatic rings. The van der Waals surface area contributed by atoms with Crippen molar-refractivity contribution in [3.8, 4) is 0 Å². The smallest absolute Gasteiger partial charge is 0.0925 e. The largest absolute Gasteiger partial charge is 0.387 e. The van der Waals surface area contributed by atoms with E-state index in [9.17, 15) is 0 Å². The van der Waals surface area contributed by atoms with Gasteiger partial charge in [0.05, 0.1) is 24.3 Å². The Balaban J connectivity index is 0.000000640. The molecule has 0 aliphatic carbocycles. The Morgan fingerprint density at radius 1 is 1.78 bits per heavy atom. The summed E-state index contributed by atoms with van der Waals surface area (Å²) in [6.07, 6.45) is 2.71. The minimum absolute atomic E-state index is 0. The van der Waals surface area contributed by atoms with Crippen molar-refractivity contribution in [1.29, 1.82) is 0 Å². The summed E-state index contributed by atoms with van der Waals surface area (Å²) >= 11 is 0. The summed E-state index contributed by atoms with van der Waals surface area (Å²) in [4.78, 5) is 6.50. The number of aromatic amines is 1. The molecule has 1 rings (SSSR count). The molecule has 0 radical (unpaired) electrons. The molecule has 0 aliphatic heterocycles. The zero-order valence-corrected chi connectivity index (χ0v) is 5.85. The standard InChI is InChI=1S/C5H8N2O.ClH/c1-4(8)5-2-6-3-7-5;/h2-4,8H,1H3,(H,6,7);1H/t4-;/m0./s1. The topological polar surface area (TPSA) is 48.9 Å². The van der Waals surface area contributed by atoms with Crippen molar-refractivity contribution in [2.75, 3.05) is 0 Å². The molecular formula is C5H9ClN2O. The van der Waals surface area contributed by atoms with Gasteiger partial charge in [0.15, 0.2) is 0 Å². The number of aliphatic hydroxyl groups excluding tert-OH is 1. The Morgan fingerprint density at radius 3 is 2.67 bits per heavy atom. The van der Waals surface area contributed by atoms with Crippen molar-refractivity contribution < 1.29 is 5.11 Å². The average molecular weight is 149 g/mol. The number of hydrogen-bond acceptors (Lipinski definition) is 2. The van der Waals surface area contributed by atoms with E-state index in [1.807, 2.05) is 0 Å². The van der Waals surface area contributed by atoms with E-state index in [-0.39, 0.29) is 12.4 Å². The van der Waals surface area contributed by atoms with E-state index in [0.717, 1.165) is 5.69 Å². The van der Waals surface area contributed by atoms with E-state index in [1.54, 1.807) is 19.4 Å². The van der Waals surface area contributed by atoms with Crippen molar-refractivity contribution >= 4 is 12.4 Å². The summed E-state index contributed by atoms with van der Waals surface area (Å²) in [7, 11) is 0. The van der Waals surface area contributed by atoms with Crippen LogP contribution >= 0.6 is 12.4 Å². The molecule has 0 amide bonds. The molecule has 3 nitrogen and oxygen atoms in total. The Hall–Kier alpha value is -0.540. The van der Waals surface area contributed by atoms with Crippen LogP contribution in [0, 0.1) is 0 Å². The van der Waals surface area contributed by atoms with Gasteiger partial charge in [0.1, 0.15) is 0 Å². The second-order valence-electron chi connectivity index (χ2n) is 1.68. The van der Waals surface area contributed by atoms with Crippen LogP contribution < -0.4 is 0 Å². The van der Waals surface area contributed by atoms with E-state index in [2.05, 4.69) is 9.97 Å². The van der Waals surface area contributed by atoms with Gasteiger partial charge in [-0.05, 0) is 6.92 Å². The minimum Gasteiger partial charge on any atom is -0.387 e. The molecule has 0 aliphatic rings. The van der Waals surface area contributed by atoms with Crippen molar-refractivity contribution in [1.82, 2.24) is 9.97 Å². The molecule has 1 atom stereocenters. The molecular weight excluding hydrogens is 140 g/mol. The molecule has 0 aromatic carbocycles. The predicted octanol–water partition coefficient (Wildman–Crippen LogP) is 0.885. The Bertz CT molecular complexity index is 150. The first kappa shape index (κ1) is 8.46. The monoisotopic (exact) mass is 148 g/mol. The van der Waals surface area contributed by atoms with E-state index < -0.39 is 6.10 Å². The summed E-state index contributed by atoms with van der Waals surface area (Å²) < 4.78 is 0. The fourth-order valence-corrected chi connectivity index (χ4v) is 0.495. The molecule has 0 saturated heterocycles. The van der Waals surface area contributed by atoms with Gasteiger partial charge in [0, 0.05) is 0 Å². The predicted molar refractivity (Wildman–Crippen MR) is 36.5 cm³/mol. The SMILES string of the molecule is C[C@H](O)c1cnc[nH]1.Cl. The van der Waals surface area contributed by atoms with Crippen LogP contribution in [0.25, 0.3) is 0 Å². The van der Waals surface area contributed by atoms with E-state index in [0.29, 0.717) is 0 Å². The fraction of sp³-hybridized carbons (Fsp3) is 0.400. The Morgan fingerprint density at radius 2 is 2.44 bits per heavy atom. The quantitative estimate of drug-likeness (QED) is 0.622. The van der Waals surface area contributed by atoms with Crippen molar-refractivity contribution in [2.24, 2.45) is 0 Å². The van der Waals surface area contributed by atoms with Crippen LogP contribution in [0.4, 0.5) is 0 Å². The first-order valence-electron chi connectivity index (χ1n) is 2.47. The van der Waals surface area contributed by atoms with Crippen LogP contribution in [0.15, 0.2) is 12.5 Å². The van der Waals surface area contributed by atoms with Crippen LogP contribution in [-0.4, -0.2) is 15.1 Å². The molecule has 0 unspecified atom stereocenters.